The third-order valence-electron chi connectivity index (χ3n) is 1.55. The molecular weight excluding hydrogens is 365 g/mol. The van der Waals surface area contributed by atoms with Crippen LogP contribution in [0.1, 0.15) is 20.8 Å². The van der Waals surface area contributed by atoms with Crippen molar-refractivity contribution in [3.63, 3.8) is 0 Å². The third kappa shape index (κ3) is 10.3. The molecule has 0 saturated carbocycles. The highest BCUT2D eigenvalue weighted by molar-refractivity contribution is 14.1. The second-order valence-electron chi connectivity index (χ2n) is 4.45. The van der Waals surface area contributed by atoms with Gasteiger partial charge in [-0.15, -0.1) is 0 Å². The Balaban J connectivity index is 0.000000532. The summed E-state index contributed by atoms with van der Waals surface area (Å²) < 4.78 is 5.20. The Morgan fingerprint density at radius 2 is 2.16 bits per heavy atom. The molecule has 0 spiro atoms. The topological polar surface area (TPSA) is 104 Å². The first-order valence-electron chi connectivity index (χ1n) is 5.47. The number of nitrogens with one attached hydrogen (secondary N) is 2. The number of aromatic amines is 1. The summed E-state index contributed by atoms with van der Waals surface area (Å²) >= 11 is 1.88. The van der Waals surface area contributed by atoms with Crippen LogP contribution in [0.2, 0.25) is 0 Å². The largest absolute Gasteiger partial charge is 0.480 e. The fourth-order valence-corrected chi connectivity index (χ4v) is 1.43. The van der Waals surface area contributed by atoms with Crippen LogP contribution in [0, 0.1) is 0 Å². The highest BCUT2D eigenvalue weighted by Crippen LogP contribution is 2.07. The van der Waals surface area contributed by atoms with Gasteiger partial charge in [0, 0.05) is 16.8 Å². The first kappa shape index (κ1) is 17.7. The number of aromatic nitrogens is 2. The van der Waals surface area contributed by atoms with E-state index < -0.39 is 23.7 Å². The number of aliphatic carboxylic acids is 1. The van der Waals surface area contributed by atoms with Gasteiger partial charge in [0.1, 0.15) is 11.6 Å². The van der Waals surface area contributed by atoms with E-state index in [1.54, 1.807) is 39.5 Å². The number of carboxylic acids is 1. The van der Waals surface area contributed by atoms with Crippen molar-refractivity contribution in [3.05, 3.63) is 18.7 Å². The van der Waals surface area contributed by atoms with Crippen LogP contribution in [-0.4, -0.2) is 43.2 Å². The maximum Gasteiger partial charge on any atom is 0.408 e. The minimum atomic E-state index is -1.06. The molecule has 0 aliphatic heterocycles. The van der Waals surface area contributed by atoms with Crippen LogP contribution < -0.4 is 5.32 Å². The van der Waals surface area contributed by atoms with Crippen molar-refractivity contribution in [2.45, 2.75) is 32.4 Å². The molecule has 1 heterocycles. The number of ether oxygens (including phenoxy) is 1. The highest BCUT2D eigenvalue weighted by atomic mass is 127. The van der Waals surface area contributed by atoms with Gasteiger partial charge in [-0.05, 0) is 20.8 Å². The molecule has 0 fully saturated rings. The van der Waals surface area contributed by atoms with Gasteiger partial charge in [0.25, 0.3) is 0 Å². The maximum absolute atomic E-state index is 11.1. The lowest BCUT2D eigenvalue weighted by Crippen LogP contribution is -2.44. The number of carbonyl (C=O) groups excluding carboxylic acids is 1. The zero-order valence-electron chi connectivity index (χ0n) is 11.0. The molecule has 0 bridgehead atoms. The van der Waals surface area contributed by atoms with E-state index in [2.05, 4.69) is 15.3 Å². The van der Waals surface area contributed by atoms with Gasteiger partial charge in [0.2, 0.25) is 0 Å². The molecule has 1 rings (SSSR count). The normalized spacial score (nSPS) is 11.8. The van der Waals surface area contributed by atoms with Gasteiger partial charge in [-0.3, -0.25) is 0 Å². The smallest absolute Gasteiger partial charge is 0.408 e. The Morgan fingerprint density at radius 3 is 2.42 bits per heavy atom. The number of H-pyrrole nitrogens is 1. The van der Waals surface area contributed by atoms with Gasteiger partial charge in [0.15, 0.2) is 0 Å². The second-order valence-corrected chi connectivity index (χ2v) is 5.33. The molecule has 8 heteroatoms. The van der Waals surface area contributed by atoms with Gasteiger partial charge in [0.05, 0.1) is 6.33 Å². The SMILES string of the molecule is CC(C)(C)OC(=O)N[C@@H](CI)C(=O)O.c1c[nH]cn1. The predicted octanol–water partition coefficient (Wildman–Crippen LogP) is 1.81. The van der Waals surface area contributed by atoms with Crippen LogP contribution in [0.4, 0.5) is 4.79 Å². The van der Waals surface area contributed by atoms with E-state index in [1.165, 1.54) is 0 Å². The van der Waals surface area contributed by atoms with Crippen LogP contribution in [-0.2, 0) is 9.53 Å². The second kappa shape index (κ2) is 8.73. The summed E-state index contributed by atoms with van der Waals surface area (Å²) in [6.45, 7) is 5.14. The molecule has 0 aliphatic carbocycles. The summed E-state index contributed by atoms with van der Waals surface area (Å²) in [7, 11) is 0. The zero-order chi connectivity index (χ0) is 14.9. The number of alkyl carbamates (subject to hydrolysis) is 1. The highest BCUT2D eigenvalue weighted by Gasteiger charge is 2.22. The number of nitrogens with zero attached hydrogens (tertiary/aromatic N) is 1. The Labute approximate surface area is 125 Å². The van der Waals surface area contributed by atoms with E-state index >= 15 is 0 Å². The van der Waals surface area contributed by atoms with Crippen LogP contribution in [0.3, 0.4) is 0 Å². The molecule has 1 atom stereocenters. The van der Waals surface area contributed by atoms with Crippen LogP contribution in [0.15, 0.2) is 18.7 Å². The number of carboxylic acid groups (broad SMARTS) is 1. The van der Waals surface area contributed by atoms with E-state index in [0.717, 1.165) is 0 Å². The van der Waals surface area contributed by atoms with Gasteiger partial charge in [-0.2, -0.15) is 0 Å². The van der Waals surface area contributed by atoms with Gasteiger partial charge < -0.3 is 20.1 Å². The average molecular weight is 383 g/mol. The lowest BCUT2D eigenvalue weighted by Gasteiger charge is -2.21. The lowest BCUT2D eigenvalue weighted by molar-refractivity contribution is -0.138. The number of halogens is 1. The number of amides is 1. The summed E-state index contributed by atoms with van der Waals surface area (Å²) in [5, 5.41) is 10.9. The molecule has 1 aromatic heterocycles. The van der Waals surface area contributed by atoms with E-state index in [1.807, 2.05) is 22.6 Å². The molecular formula is C11H18IN3O4. The summed E-state index contributed by atoms with van der Waals surface area (Å²) in [5.74, 6) is -1.06. The molecule has 108 valence electrons. The molecule has 19 heavy (non-hydrogen) atoms. The minimum Gasteiger partial charge on any atom is -0.480 e. The molecule has 0 aromatic carbocycles. The van der Waals surface area contributed by atoms with E-state index in [0.29, 0.717) is 4.43 Å². The number of hydrogen-bond acceptors (Lipinski definition) is 4. The summed E-state index contributed by atoms with van der Waals surface area (Å²) in [5.41, 5.74) is -0.613. The summed E-state index contributed by atoms with van der Waals surface area (Å²) in [6, 6.07) is -0.898. The van der Waals surface area contributed by atoms with Crippen molar-refractivity contribution >= 4 is 34.7 Å². The van der Waals surface area contributed by atoms with Crippen molar-refractivity contribution in [1.82, 2.24) is 15.3 Å². The monoisotopic (exact) mass is 383 g/mol. The molecule has 1 amide bonds. The third-order valence-corrected chi connectivity index (χ3v) is 2.43. The van der Waals surface area contributed by atoms with Gasteiger partial charge >= 0.3 is 12.1 Å². The van der Waals surface area contributed by atoms with Crippen LogP contribution >= 0.6 is 22.6 Å². The van der Waals surface area contributed by atoms with Crippen molar-refractivity contribution < 1.29 is 19.4 Å². The van der Waals surface area contributed by atoms with E-state index in [9.17, 15) is 9.59 Å². The molecule has 1 aromatic rings. The average Bonchev–Trinajstić information content (AvgIpc) is 2.81. The molecule has 0 radical (unpaired) electrons. The maximum atomic E-state index is 11.1. The Morgan fingerprint density at radius 1 is 1.53 bits per heavy atom. The molecule has 0 saturated heterocycles. The van der Waals surface area contributed by atoms with Crippen molar-refractivity contribution in [2.24, 2.45) is 0 Å². The fraction of sp³-hybridized carbons (Fsp3) is 0.545. The Kier molecular flexibility index (Phi) is 8.12. The van der Waals surface area contributed by atoms with Crippen LogP contribution in [0.25, 0.3) is 0 Å². The Hall–Kier alpha value is -1.32. The fourth-order valence-electron chi connectivity index (χ4n) is 0.831. The van der Waals surface area contributed by atoms with E-state index in [4.69, 9.17) is 9.84 Å². The standard InChI is InChI=1S/C8H14INO4.C3H4N2/c1-8(2,3)14-7(13)10-5(4-9)6(11)12;1-2-5-3-4-1/h5H,4H2,1-3H3,(H,10,13)(H,11,12);1-3H,(H,4,5)/t5-;/m0./s1. The first-order chi connectivity index (χ1) is 8.76. The van der Waals surface area contributed by atoms with Crippen LogP contribution in [0.5, 0.6) is 0 Å². The van der Waals surface area contributed by atoms with Crippen molar-refractivity contribution in [3.8, 4) is 0 Å². The number of hydrogen-bond donors (Lipinski definition) is 3. The number of imidazole rings is 1. The molecule has 3 N–H and O–H groups in total. The summed E-state index contributed by atoms with van der Waals surface area (Å²) in [4.78, 5) is 28.1. The minimum absolute atomic E-state index is 0.298. The predicted molar refractivity (Wildman–Crippen MR) is 78.3 cm³/mol. The number of carbonyl (C=O) groups is 2. The van der Waals surface area contributed by atoms with Crippen molar-refractivity contribution in [2.75, 3.05) is 4.43 Å². The quantitative estimate of drug-likeness (QED) is 0.546. The zero-order valence-corrected chi connectivity index (χ0v) is 13.2. The van der Waals surface area contributed by atoms with E-state index in [-0.39, 0.29) is 0 Å². The van der Waals surface area contributed by atoms with Gasteiger partial charge in [-0.1, -0.05) is 22.6 Å². The first-order valence-corrected chi connectivity index (χ1v) is 7.00. The molecule has 0 aliphatic rings. The van der Waals surface area contributed by atoms with Gasteiger partial charge in [-0.25, -0.2) is 14.6 Å². The lowest BCUT2D eigenvalue weighted by atomic mass is 10.2. The summed E-state index contributed by atoms with van der Waals surface area (Å²) in [6.07, 6.45) is 4.38. The number of rotatable bonds is 3. The molecule has 0 unspecified atom stereocenters. The number of alkyl halides is 1. The Bertz CT molecular complexity index is 359. The van der Waals surface area contributed by atoms with Crippen molar-refractivity contribution in [1.29, 1.82) is 0 Å². The molecule has 7 nitrogen and oxygen atoms in total.